The second-order valence-corrected chi connectivity index (χ2v) is 10.4. The van der Waals surface area contributed by atoms with Crippen LogP contribution in [0.2, 0.25) is 4.34 Å². The normalized spacial score (nSPS) is 12.2. The van der Waals surface area contributed by atoms with Gasteiger partial charge in [0.25, 0.3) is 5.91 Å². The van der Waals surface area contributed by atoms with Gasteiger partial charge >= 0.3 is 0 Å². The van der Waals surface area contributed by atoms with Gasteiger partial charge in [-0.2, -0.15) is 5.10 Å². The molecule has 0 aliphatic rings. The average molecular weight is 462 g/mol. The van der Waals surface area contributed by atoms with E-state index in [1.807, 2.05) is 49.4 Å². The Morgan fingerprint density at radius 3 is 2.41 bits per heavy atom. The van der Waals surface area contributed by atoms with E-state index in [0.717, 1.165) is 27.0 Å². The predicted octanol–water partition coefficient (Wildman–Crippen LogP) is 7.07. The monoisotopic (exact) mass is 461 g/mol. The number of hydrazone groups is 1. The maximum absolute atomic E-state index is 13.1. The van der Waals surface area contributed by atoms with E-state index < -0.39 is 0 Å². The van der Waals surface area contributed by atoms with E-state index >= 15 is 0 Å². The van der Waals surface area contributed by atoms with Gasteiger partial charge in [-0.1, -0.05) is 74.8 Å². The van der Waals surface area contributed by atoms with Crippen molar-refractivity contribution < 1.29 is 4.79 Å². The second kappa shape index (κ2) is 8.85. The first-order valence-electron chi connectivity index (χ1n) is 10.3. The number of halogens is 1. The lowest BCUT2D eigenvalue weighted by Crippen LogP contribution is -2.19. The van der Waals surface area contributed by atoms with Crippen molar-refractivity contribution in [1.82, 2.24) is 10.4 Å². The number of aromatic nitrogens is 1. The van der Waals surface area contributed by atoms with Crippen LogP contribution in [0.5, 0.6) is 0 Å². The van der Waals surface area contributed by atoms with Crippen molar-refractivity contribution in [3.63, 3.8) is 0 Å². The highest BCUT2D eigenvalue weighted by Gasteiger charge is 2.16. The van der Waals surface area contributed by atoms with Gasteiger partial charge in [0, 0.05) is 10.9 Å². The molecule has 2 heterocycles. The highest BCUT2D eigenvalue weighted by Crippen LogP contribution is 2.28. The standard InChI is InChI=1S/C26H24ClN3OS/c1-16(23-13-14-24(27)32-23)29-30-25(31)20-15-22(28-21-8-6-5-7-19(20)21)17-9-11-18(12-10-17)26(2,3)4/h5-15H,1-4H3,(H,30,31). The van der Waals surface area contributed by atoms with Crippen molar-refractivity contribution in [2.45, 2.75) is 33.1 Å². The lowest BCUT2D eigenvalue weighted by atomic mass is 9.86. The summed E-state index contributed by atoms with van der Waals surface area (Å²) in [6.45, 7) is 8.40. The fourth-order valence-electron chi connectivity index (χ4n) is 3.41. The first-order valence-corrected chi connectivity index (χ1v) is 11.5. The average Bonchev–Trinajstić information content (AvgIpc) is 3.22. The van der Waals surface area contributed by atoms with Gasteiger partial charge in [0.1, 0.15) is 0 Å². The molecule has 4 rings (SSSR count). The fourth-order valence-corrected chi connectivity index (χ4v) is 4.40. The Morgan fingerprint density at radius 2 is 1.75 bits per heavy atom. The molecule has 4 nitrogen and oxygen atoms in total. The summed E-state index contributed by atoms with van der Waals surface area (Å²) < 4.78 is 0.683. The number of nitrogens with one attached hydrogen (secondary N) is 1. The lowest BCUT2D eigenvalue weighted by molar-refractivity contribution is 0.0956. The highest BCUT2D eigenvalue weighted by atomic mass is 35.5. The van der Waals surface area contributed by atoms with Crippen LogP contribution in [0.3, 0.4) is 0 Å². The zero-order valence-corrected chi connectivity index (χ0v) is 20.0. The Hall–Kier alpha value is -3.02. The molecule has 0 aliphatic heterocycles. The van der Waals surface area contributed by atoms with Crippen LogP contribution in [-0.2, 0) is 5.41 Å². The van der Waals surface area contributed by atoms with Gasteiger partial charge < -0.3 is 0 Å². The molecule has 6 heteroatoms. The van der Waals surface area contributed by atoms with Crippen molar-refractivity contribution in [2.24, 2.45) is 5.10 Å². The number of fused-ring (bicyclic) bond motifs is 1. The van der Waals surface area contributed by atoms with Crippen LogP contribution in [0.4, 0.5) is 0 Å². The molecule has 0 atom stereocenters. The summed E-state index contributed by atoms with van der Waals surface area (Å²) in [4.78, 5) is 18.8. The number of carbonyl (C=O) groups excluding carboxylic acids is 1. The molecule has 0 saturated carbocycles. The number of pyridine rings is 1. The van der Waals surface area contributed by atoms with Crippen LogP contribution in [0.1, 0.15) is 48.5 Å². The van der Waals surface area contributed by atoms with E-state index in [9.17, 15) is 4.79 Å². The molecule has 0 radical (unpaired) electrons. The third kappa shape index (κ3) is 4.74. The maximum atomic E-state index is 13.1. The molecule has 2 aromatic carbocycles. The molecule has 1 amide bonds. The summed E-state index contributed by atoms with van der Waals surface area (Å²) in [5.74, 6) is -0.279. The van der Waals surface area contributed by atoms with E-state index in [-0.39, 0.29) is 11.3 Å². The number of benzene rings is 2. The Bertz CT molecular complexity index is 1320. The Balaban J connectivity index is 1.70. The number of rotatable bonds is 4. The van der Waals surface area contributed by atoms with Gasteiger partial charge in [-0.05, 0) is 42.2 Å². The minimum Gasteiger partial charge on any atom is -0.267 e. The van der Waals surface area contributed by atoms with E-state index in [1.54, 1.807) is 0 Å². The number of amides is 1. The summed E-state index contributed by atoms with van der Waals surface area (Å²) in [6.07, 6.45) is 0. The SMILES string of the molecule is CC(=NNC(=O)c1cc(-c2ccc(C(C)(C)C)cc2)nc2ccccc12)c1ccc(Cl)s1. The van der Waals surface area contributed by atoms with Gasteiger partial charge in [0.2, 0.25) is 0 Å². The molecular weight excluding hydrogens is 438 g/mol. The molecule has 0 aliphatic carbocycles. The minimum absolute atomic E-state index is 0.0725. The van der Waals surface area contributed by atoms with Crippen LogP contribution in [-0.4, -0.2) is 16.6 Å². The van der Waals surface area contributed by atoms with E-state index in [0.29, 0.717) is 15.6 Å². The Morgan fingerprint density at radius 1 is 1.03 bits per heavy atom. The van der Waals surface area contributed by atoms with E-state index in [2.05, 4.69) is 55.6 Å². The molecule has 0 unspecified atom stereocenters. The maximum Gasteiger partial charge on any atom is 0.272 e. The largest absolute Gasteiger partial charge is 0.272 e. The molecular formula is C26H24ClN3OS. The Kier molecular flexibility index (Phi) is 6.13. The number of thiophene rings is 1. The molecule has 162 valence electrons. The molecule has 0 saturated heterocycles. The van der Waals surface area contributed by atoms with Crippen molar-refractivity contribution in [3.05, 3.63) is 87.1 Å². The van der Waals surface area contributed by atoms with Gasteiger partial charge in [-0.3, -0.25) is 4.79 Å². The summed E-state index contributed by atoms with van der Waals surface area (Å²) in [6, 6.07) is 21.5. The van der Waals surface area contributed by atoms with Crippen molar-refractivity contribution >= 4 is 45.5 Å². The number of hydrogen-bond acceptors (Lipinski definition) is 4. The molecule has 32 heavy (non-hydrogen) atoms. The van der Waals surface area contributed by atoms with Crippen molar-refractivity contribution in [2.75, 3.05) is 0 Å². The summed E-state index contributed by atoms with van der Waals surface area (Å²) >= 11 is 7.43. The molecule has 2 aromatic heterocycles. The van der Waals surface area contributed by atoms with Gasteiger partial charge in [0.05, 0.1) is 31.7 Å². The second-order valence-electron chi connectivity index (χ2n) is 8.64. The first kappa shape index (κ1) is 22.2. The van der Waals surface area contributed by atoms with Crippen LogP contribution < -0.4 is 5.43 Å². The number of nitrogens with zero attached hydrogens (tertiary/aromatic N) is 2. The van der Waals surface area contributed by atoms with E-state index in [1.165, 1.54) is 16.9 Å². The molecule has 0 bridgehead atoms. The highest BCUT2D eigenvalue weighted by molar-refractivity contribution is 7.18. The molecule has 0 fully saturated rings. The van der Waals surface area contributed by atoms with Crippen LogP contribution in [0.25, 0.3) is 22.2 Å². The topological polar surface area (TPSA) is 54.4 Å². The van der Waals surface area contributed by atoms with Crippen LogP contribution >= 0.6 is 22.9 Å². The third-order valence-corrected chi connectivity index (χ3v) is 6.60. The molecule has 4 aromatic rings. The first-order chi connectivity index (χ1) is 15.2. The van der Waals surface area contributed by atoms with Gasteiger partial charge in [0.15, 0.2) is 0 Å². The zero-order valence-electron chi connectivity index (χ0n) is 18.4. The number of hydrogen-bond donors (Lipinski definition) is 1. The van der Waals surface area contributed by atoms with E-state index in [4.69, 9.17) is 16.6 Å². The van der Waals surface area contributed by atoms with Gasteiger partial charge in [-0.15, -0.1) is 11.3 Å². The van der Waals surface area contributed by atoms with Crippen molar-refractivity contribution in [3.8, 4) is 11.3 Å². The minimum atomic E-state index is -0.279. The summed E-state index contributed by atoms with van der Waals surface area (Å²) in [7, 11) is 0. The molecule has 0 spiro atoms. The zero-order chi connectivity index (χ0) is 22.9. The van der Waals surface area contributed by atoms with Gasteiger partial charge in [-0.25, -0.2) is 10.4 Å². The smallest absolute Gasteiger partial charge is 0.267 e. The Labute approximate surface area is 197 Å². The fraction of sp³-hybridized carbons (Fsp3) is 0.192. The quantitative estimate of drug-likeness (QED) is 0.261. The van der Waals surface area contributed by atoms with Crippen LogP contribution in [0, 0.1) is 0 Å². The number of carbonyl (C=O) groups is 1. The lowest BCUT2D eigenvalue weighted by Gasteiger charge is -2.19. The van der Waals surface area contributed by atoms with Crippen molar-refractivity contribution in [1.29, 1.82) is 0 Å². The third-order valence-electron chi connectivity index (χ3n) is 5.26. The summed E-state index contributed by atoms with van der Waals surface area (Å²) in [5.41, 5.74) is 7.72. The number of para-hydroxylation sites is 1. The molecule has 1 N–H and O–H groups in total. The predicted molar refractivity (Wildman–Crippen MR) is 135 cm³/mol. The summed E-state index contributed by atoms with van der Waals surface area (Å²) in [5, 5.41) is 5.06. The van der Waals surface area contributed by atoms with Crippen LogP contribution in [0.15, 0.2) is 71.8 Å².